The zero-order chi connectivity index (χ0) is 29.7. The van der Waals surface area contributed by atoms with Crippen LogP contribution < -0.4 is 11.1 Å². The fourth-order valence-corrected chi connectivity index (χ4v) is 4.48. The highest BCUT2D eigenvalue weighted by Gasteiger charge is 2.35. The van der Waals surface area contributed by atoms with Gasteiger partial charge in [-0.15, -0.1) is 6.42 Å². The first-order chi connectivity index (χ1) is 19.5. The molecule has 0 spiro atoms. The lowest BCUT2D eigenvalue weighted by Crippen LogP contribution is -2.41. The second-order valence-corrected chi connectivity index (χ2v) is 10.4. The van der Waals surface area contributed by atoms with Gasteiger partial charge in [0, 0.05) is 22.3 Å². The van der Waals surface area contributed by atoms with Crippen LogP contribution in [-0.4, -0.2) is 68.9 Å². The normalized spacial score (nSPS) is 13.4. The number of pyridine rings is 1. The minimum Gasteiger partial charge on any atom is -0.363 e. The fraction of sp³-hybridized carbons (Fsp3) is 0.214. The van der Waals surface area contributed by atoms with Crippen LogP contribution >= 0.6 is 11.6 Å². The van der Waals surface area contributed by atoms with Gasteiger partial charge in [-0.05, 0) is 46.3 Å². The van der Waals surface area contributed by atoms with E-state index in [9.17, 15) is 19.7 Å². The second-order valence-electron chi connectivity index (χ2n) is 9.98. The minimum atomic E-state index is -0.782. The van der Waals surface area contributed by atoms with Gasteiger partial charge in [-0.25, -0.2) is 9.97 Å². The minimum absolute atomic E-state index is 0.0328. The van der Waals surface area contributed by atoms with E-state index in [0.717, 1.165) is 0 Å². The van der Waals surface area contributed by atoms with Crippen LogP contribution in [0.25, 0.3) is 10.9 Å². The van der Waals surface area contributed by atoms with Crippen molar-refractivity contribution in [1.82, 2.24) is 15.0 Å². The Kier molecular flexibility index (Phi) is 8.51. The molecule has 0 aliphatic carbocycles. The summed E-state index contributed by atoms with van der Waals surface area (Å²) < 4.78 is 0.296. The Balaban J connectivity index is 1.42. The molecule has 0 fully saturated rings. The number of aromatic nitrogens is 3. The number of rotatable bonds is 11. The molecule has 1 aromatic carbocycles. The standard InChI is InChI=1S/C28H25ClN8O4/c1-4-17-10-19(7-8-23(17)29)34-27-22-13-20(31-14-25(22)32-16-33-27)12-21(38)6-5-9-37(2,3)15-18-11-24(26(30)39)35-28(18)36(40)41/h1,5-8,10,13-14,16H,9,11-12,15H2,2-3H3,(H2-,30,32,33,34,39)/p+1/b6-5+. The number of allylic oxidation sites excluding steroid dienone is 1. The van der Waals surface area contributed by atoms with Crippen LogP contribution in [0.2, 0.25) is 5.02 Å². The summed E-state index contributed by atoms with van der Waals surface area (Å²) in [4.78, 5) is 51.7. The van der Waals surface area contributed by atoms with Crippen LogP contribution in [0.1, 0.15) is 17.7 Å². The molecule has 0 radical (unpaired) electrons. The number of ketones is 1. The fourth-order valence-electron chi connectivity index (χ4n) is 4.30. The maximum Gasteiger partial charge on any atom is 0.369 e. The van der Waals surface area contributed by atoms with Crippen LogP contribution in [0.4, 0.5) is 11.5 Å². The zero-order valence-corrected chi connectivity index (χ0v) is 23.1. The van der Waals surface area contributed by atoms with E-state index in [1.54, 1.807) is 36.5 Å². The maximum absolute atomic E-state index is 12.7. The number of nitrogens with one attached hydrogen (secondary N) is 1. The monoisotopic (exact) mass is 573 g/mol. The molecule has 208 valence electrons. The van der Waals surface area contributed by atoms with E-state index in [4.69, 9.17) is 23.8 Å². The lowest BCUT2D eigenvalue weighted by molar-refractivity contribution is -0.880. The number of halogens is 1. The number of fused-ring (bicyclic) bond motifs is 1. The van der Waals surface area contributed by atoms with Gasteiger partial charge in [0.1, 0.15) is 18.7 Å². The number of likely N-dealkylation sites (N-methyl/N-ethyl adjacent to an activating group) is 1. The third-order valence-corrected chi connectivity index (χ3v) is 6.57. The van der Waals surface area contributed by atoms with E-state index in [-0.39, 0.29) is 36.7 Å². The molecule has 13 heteroatoms. The first-order valence-corrected chi connectivity index (χ1v) is 12.7. The predicted octanol–water partition coefficient (Wildman–Crippen LogP) is 2.97. The number of terminal acetylenes is 1. The first kappa shape index (κ1) is 29.0. The van der Waals surface area contributed by atoms with E-state index in [2.05, 4.69) is 31.2 Å². The highest BCUT2D eigenvalue weighted by molar-refractivity contribution is 6.39. The van der Waals surface area contributed by atoms with E-state index in [1.165, 1.54) is 12.4 Å². The van der Waals surface area contributed by atoms with Crippen LogP contribution in [-0.2, 0) is 16.0 Å². The van der Waals surface area contributed by atoms with Gasteiger partial charge in [0.05, 0.1) is 55.8 Å². The lowest BCUT2D eigenvalue weighted by Gasteiger charge is -2.28. The maximum atomic E-state index is 12.7. The zero-order valence-electron chi connectivity index (χ0n) is 22.3. The summed E-state index contributed by atoms with van der Waals surface area (Å²) in [5.41, 5.74) is 7.99. The third-order valence-electron chi connectivity index (χ3n) is 6.24. The largest absolute Gasteiger partial charge is 0.369 e. The summed E-state index contributed by atoms with van der Waals surface area (Å²) in [7, 11) is 3.71. The van der Waals surface area contributed by atoms with Crippen molar-refractivity contribution in [3.63, 3.8) is 0 Å². The summed E-state index contributed by atoms with van der Waals surface area (Å²) in [5.74, 6) is 1.74. The predicted molar refractivity (Wildman–Crippen MR) is 155 cm³/mol. The molecule has 1 amide bonds. The SMILES string of the molecule is C#Cc1cc(Nc2ncnc3cnc(CC(=O)/C=C/C[N+](C)(C)CC4=C([N+](=O)[O-])N=C(C(N)=O)C4)cc23)ccc1Cl. The number of benzene rings is 1. The molecule has 0 bridgehead atoms. The van der Waals surface area contributed by atoms with E-state index in [1.807, 2.05) is 14.1 Å². The number of nitrogens with two attached hydrogens (primary N) is 1. The molecule has 1 aliphatic heterocycles. The Morgan fingerprint density at radius 3 is 2.76 bits per heavy atom. The number of carbonyl (C=O) groups is 2. The van der Waals surface area contributed by atoms with Gasteiger partial charge in [-0.2, -0.15) is 0 Å². The van der Waals surface area contributed by atoms with Crippen molar-refractivity contribution >= 4 is 51.4 Å². The molecule has 0 saturated heterocycles. The van der Waals surface area contributed by atoms with Gasteiger partial charge in [-0.3, -0.25) is 14.6 Å². The Bertz CT molecular complexity index is 1700. The smallest absolute Gasteiger partial charge is 0.363 e. The number of amides is 1. The van der Waals surface area contributed by atoms with Gasteiger partial charge in [-0.1, -0.05) is 17.5 Å². The van der Waals surface area contributed by atoms with Gasteiger partial charge in [0.25, 0.3) is 5.91 Å². The summed E-state index contributed by atoms with van der Waals surface area (Å²) in [6.45, 7) is 0.660. The van der Waals surface area contributed by atoms with Crippen molar-refractivity contribution in [3.8, 4) is 12.3 Å². The molecule has 0 unspecified atom stereocenters. The topological polar surface area (TPSA) is 166 Å². The average Bonchev–Trinajstić information content (AvgIpc) is 3.33. The molecule has 0 saturated carbocycles. The average molecular weight is 574 g/mol. The molecule has 3 N–H and O–H groups in total. The number of aliphatic imine (C=N–C) groups is 1. The third kappa shape index (κ3) is 7.16. The number of nitro groups is 1. The van der Waals surface area contributed by atoms with Crippen LogP contribution in [0.3, 0.4) is 0 Å². The second kappa shape index (κ2) is 12.0. The molecule has 3 aromatic rings. The highest BCUT2D eigenvalue weighted by atomic mass is 35.5. The molecule has 4 rings (SSSR count). The number of hydrogen-bond donors (Lipinski definition) is 2. The van der Waals surface area contributed by atoms with E-state index >= 15 is 0 Å². The van der Waals surface area contributed by atoms with Gasteiger partial charge >= 0.3 is 5.82 Å². The number of nitrogens with zero attached hydrogens (tertiary/aromatic N) is 6. The Labute approximate surface area is 240 Å². The van der Waals surface area contributed by atoms with Gasteiger partial charge < -0.3 is 25.6 Å². The number of quaternary nitrogens is 1. The van der Waals surface area contributed by atoms with Crippen molar-refractivity contribution in [2.24, 2.45) is 10.7 Å². The van der Waals surface area contributed by atoms with Crippen molar-refractivity contribution in [1.29, 1.82) is 0 Å². The quantitative estimate of drug-likeness (QED) is 0.116. The molecular formula is C28H26ClN8O4+. The number of hydrogen-bond acceptors (Lipinski definition) is 9. The Morgan fingerprint density at radius 2 is 2.05 bits per heavy atom. The number of carbonyl (C=O) groups excluding carboxylic acids is 2. The molecular weight excluding hydrogens is 548 g/mol. The first-order valence-electron chi connectivity index (χ1n) is 12.3. The molecule has 41 heavy (non-hydrogen) atoms. The Morgan fingerprint density at radius 1 is 1.27 bits per heavy atom. The van der Waals surface area contributed by atoms with E-state index < -0.39 is 10.8 Å². The summed E-state index contributed by atoms with van der Waals surface area (Å²) in [6, 6.07) is 6.96. The van der Waals surface area contributed by atoms with Crippen molar-refractivity contribution in [2.75, 3.05) is 32.5 Å². The molecule has 0 atom stereocenters. The van der Waals surface area contributed by atoms with Gasteiger partial charge in [0.2, 0.25) is 5.71 Å². The summed E-state index contributed by atoms with van der Waals surface area (Å²) >= 11 is 6.11. The lowest BCUT2D eigenvalue weighted by atomic mass is 10.1. The van der Waals surface area contributed by atoms with Crippen LogP contribution in [0.15, 0.2) is 65.3 Å². The summed E-state index contributed by atoms with van der Waals surface area (Å²) in [5, 5.41) is 15.7. The number of anilines is 2. The Hall–Kier alpha value is -4.99. The van der Waals surface area contributed by atoms with Crippen molar-refractivity contribution < 1.29 is 19.0 Å². The summed E-state index contributed by atoms with van der Waals surface area (Å²) in [6.07, 6.45) is 11.8. The van der Waals surface area contributed by atoms with Crippen LogP contribution in [0.5, 0.6) is 0 Å². The number of primary amides is 1. The van der Waals surface area contributed by atoms with Crippen LogP contribution in [0, 0.1) is 22.5 Å². The highest BCUT2D eigenvalue weighted by Crippen LogP contribution is 2.26. The van der Waals surface area contributed by atoms with Crippen molar-refractivity contribution in [3.05, 3.63) is 86.7 Å². The van der Waals surface area contributed by atoms with Gasteiger partial charge in [0.15, 0.2) is 5.78 Å². The molecule has 1 aliphatic rings. The molecule has 2 aromatic heterocycles. The molecule has 12 nitrogen and oxygen atoms in total. The van der Waals surface area contributed by atoms with E-state index in [0.29, 0.717) is 55.3 Å². The molecule has 3 heterocycles. The van der Waals surface area contributed by atoms with Crippen molar-refractivity contribution in [2.45, 2.75) is 12.8 Å².